The molecule has 1 aromatic heterocycles. The summed E-state index contributed by atoms with van der Waals surface area (Å²) in [4.78, 5) is 33.7. The molecular weight excluding hydrogens is 472 g/mol. The van der Waals surface area contributed by atoms with Gasteiger partial charge in [-0.3, -0.25) is 9.69 Å². The van der Waals surface area contributed by atoms with Gasteiger partial charge in [0.25, 0.3) is 5.91 Å². The van der Waals surface area contributed by atoms with Crippen molar-refractivity contribution in [2.24, 2.45) is 0 Å². The number of nitriles is 1. The van der Waals surface area contributed by atoms with Crippen LogP contribution in [0.2, 0.25) is 0 Å². The number of amides is 2. The molecule has 2 N–H and O–H groups in total. The maximum Gasteiger partial charge on any atom is 0.415 e. The quantitative estimate of drug-likeness (QED) is 0.631. The van der Waals surface area contributed by atoms with Gasteiger partial charge in [-0.2, -0.15) is 5.26 Å². The van der Waals surface area contributed by atoms with Gasteiger partial charge in [-0.25, -0.2) is 9.78 Å². The number of morpholine rings is 1. The van der Waals surface area contributed by atoms with Crippen LogP contribution in [0.3, 0.4) is 0 Å². The summed E-state index contributed by atoms with van der Waals surface area (Å²) in [6, 6.07) is 10.8. The highest BCUT2D eigenvalue weighted by Crippen LogP contribution is 2.29. The van der Waals surface area contributed by atoms with E-state index in [1.165, 1.54) is 6.20 Å². The van der Waals surface area contributed by atoms with Crippen LogP contribution in [0.15, 0.2) is 36.5 Å². The Hall–Kier alpha value is -3.68. The first kappa shape index (κ1) is 26.4. The zero-order valence-electron chi connectivity index (χ0n) is 21.6. The number of carbonyl (C=O) groups is 2. The molecule has 10 nitrogen and oxygen atoms in total. The first-order valence-corrected chi connectivity index (χ1v) is 12.6. The van der Waals surface area contributed by atoms with Crippen molar-refractivity contribution >= 4 is 29.1 Å². The Kier molecular flexibility index (Phi) is 8.26. The Morgan fingerprint density at radius 3 is 2.59 bits per heavy atom. The molecule has 196 valence electrons. The van der Waals surface area contributed by atoms with Crippen molar-refractivity contribution in [3.8, 4) is 6.07 Å². The van der Waals surface area contributed by atoms with Gasteiger partial charge in [0.15, 0.2) is 5.69 Å². The van der Waals surface area contributed by atoms with E-state index in [0.717, 1.165) is 19.4 Å². The lowest BCUT2D eigenvalue weighted by Gasteiger charge is -2.35. The molecule has 2 saturated heterocycles. The number of hydrogen-bond acceptors (Lipinski definition) is 8. The molecule has 2 aliphatic heterocycles. The fourth-order valence-electron chi connectivity index (χ4n) is 4.40. The van der Waals surface area contributed by atoms with Crippen LogP contribution in [0.4, 0.5) is 21.9 Å². The molecule has 3 heterocycles. The van der Waals surface area contributed by atoms with Gasteiger partial charge >= 0.3 is 6.09 Å². The molecule has 4 rings (SSSR count). The molecule has 2 aromatic rings. The molecule has 37 heavy (non-hydrogen) atoms. The van der Waals surface area contributed by atoms with Gasteiger partial charge in [0.2, 0.25) is 0 Å². The lowest BCUT2D eigenvalue weighted by atomic mass is 10.1. The predicted molar refractivity (Wildman–Crippen MR) is 140 cm³/mol. The normalized spacial score (nSPS) is 18.0. The standard InChI is InChI=1S/C27H34N6O4/c1-27(2,3)37-26(35)33(21-5-4-10-29-17-21)22-15-23(24(16-28)30-18-22)31-20-8-6-19(7-9-20)25(34)32-11-13-36-14-12-32/h6-9,15,18,21,29,31H,4-5,10-14,17H2,1-3H3. The fourth-order valence-corrected chi connectivity index (χ4v) is 4.40. The maximum atomic E-state index is 13.2. The zero-order valence-corrected chi connectivity index (χ0v) is 21.6. The molecule has 0 radical (unpaired) electrons. The average molecular weight is 507 g/mol. The summed E-state index contributed by atoms with van der Waals surface area (Å²) in [5, 5.41) is 16.2. The minimum atomic E-state index is -0.654. The van der Waals surface area contributed by atoms with Crippen molar-refractivity contribution in [2.75, 3.05) is 49.6 Å². The summed E-state index contributed by atoms with van der Waals surface area (Å²) in [7, 11) is 0. The van der Waals surface area contributed by atoms with E-state index >= 15 is 0 Å². The number of nitrogens with one attached hydrogen (secondary N) is 2. The number of benzene rings is 1. The van der Waals surface area contributed by atoms with Crippen molar-refractivity contribution < 1.29 is 19.1 Å². The number of anilines is 3. The third kappa shape index (κ3) is 6.76. The van der Waals surface area contributed by atoms with Crippen LogP contribution in [0.1, 0.15) is 49.7 Å². The topological polar surface area (TPSA) is 120 Å². The molecule has 0 aliphatic carbocycles. The van der Waals surface area contributed by atoms with Crippen molar-refractivity contribution in [3.05, 3.63) is 47.8 Å². The van der Waals surface area contributed by atoms with E-state index < -0.39 is 11.7 Å². The Labute approximate surface area is 217 Å². The summed E-state index contributed by atoms with van der Waals surface area (Å²) >= 11 is 0. The van der Waals surface area contributed by atoms with E-state index in [4.69, 9.17) is 9.47 Å². The van der Waals surface area contributed by atoms with Gasteiger partial charge in [0, 0.05) is 30.9 Å². The molecule has 2 fully saturated rings. The summed E-state index contributed by atoms with van der Waals surface area (Å²) in [6.07, 6.45) is 2.85. The lowest BCUT2D eigenvalue weighted by molar-refractivity contribution is 0.0303. The van der Waals surface area contributed by atoms with Crippen LogP contribution in [0, 0.1) is 11.3 Å². The molecule has 0 spiro atoms. The second-order valence-electron chi connectivity index (χ2n) is 10.2. The Balaban J connectivity index is 1.57. The molecular formula is C27H34N6O4. The molecule has 1 atom stereocenters. The number of pyridine rings is 1. The van der Waals surface area contributed by atoms with Gasteiger partial charge in [0.05, 0.1) is 36.8 Å². The van der Waals surface area contributed by atoms with Crippen LogP contribution in [-0.2, 0) is 9.47 Å². The van der Waals surface area contributed by atoms with Crippen molar-refractivity contribution in [2.45, 2.75) is 45.3 Å². The first-order valence-electron chi connectivity index (χ1n) is 12.6. The Bertz CT molecular complexity index is 1140. The molecule has 10 heteroatoms. The largest absolute Gasteiger partial charge is 0.443 e. The summed E-state index contributed by atoms with van der Waals surface area (Å²) < 4.78 is 11.0. The number of piperidine rings is 1. The highest BCUT2D eigenvalue weighted by Gasteiger charge is 2.31. The Morgan fingerprint density at radius 2 is 1.97 bits per heavy atom. The Morgan fingerprint density at radius 1 is 1.24 bits per heavy atom. The number of carbonyl (C=O) groups excluding carboxylic acids is 2. The van der Waals surface area contributed by atoms with Crippen molar-refractivity contribution in [3.63, 3.8) is 0 Å². The molecule has 0 saturated carbocycles. The van der Waals surface area contributed by atoms with E-state index in [9.17, 15) is 14.9 Å². The second-order valence-corrected chi connectivity index (χ2v) is 10.2. The van der Waals surface area contributed by atoms with Crippen molar-refractivity contribution in [1.82, 2.24) is 15.2 Å². The van der Waals surface area contributed by atoms with Crippen LogP contribution in [-0.4, -0.2) is 72.9 Å². The van der Waals surface area contributed by atoms with Gasteiger partial charge in [-0.1, -0.05) is 0 Å². The summed E-state index contributed by atoms with van der Waals surface area (Å²) in [6.45, 7) is 9.29. The minimum absolute atomic E-state index is 0.0367. The summed E-state index contributed by atoms with van der Waals surface area (Å²) in [5.41, 5.74) is 1.83. The molecule has 0 bridgehead atoms. The van der Waals surface area contributed by atoms with Crippen LogP contribution >= 0.6 is 0 Å². The van der Waals surface area contributed by atoms with Crippen LogP contribution < -0.4 is 15.5 Å². The molecule has 2 amide bonds. The van der Waals surface area contributed by atoms with Crippen molar-refractivity contribution in [1.29, 1.82) is 5.26 Å². The molecule has 2 aliphatic rings. The maximum absolute atomic E-state index is 13.2. The number of ether oxygens (including phenoxy) is 2. The third-order valence-electron chi connectivity index (χ3n) is 6.19. The predicted octanol–water partition coefficient (Wildman–Crippen LogP) is 3.66. The van der Waals surface area contributed by atoms with E-state index in [2.05, 4.69) is 21.7 Å². The number of aromatic nitrogens is 1. The minimum Gasteiger partial charge on any atom is -0.443 e. The summed E-state index contributed by atoms with van der Waals surface area (Å²) in [5.74, 6) is -0.0367. The third-order valence-corrected chi connectivity index (χ3v) is 6.19. The van der Waals surface area contributed by atoms with E-state index in [0.29, 0.717) is 55.5 Å². The van der Waals surface area contributed by atoms with Crippen LogP contribution in [0.5, 0.6) is 0 Å². The fraction of sp³-hybridized carbons (Fsp3) is 0.481. The molecule has 1 unspecified atom stereocenters. The van der Waals surface area contributed by atoms with Crippen LogP contribution in [0.25, 0.3) is 0 Å². The second kappa shape index (κ2) is 11.6. The zero-order chi connectivity index (χ0) is 26.4. The van der Waals surface area contributed by atoms with Gasteiger partial charge in [-0.05, 0) is 70.5 Å². The highest BCUT2D eigenvalue weighted by atomic mass is 16.6. The lowest BCUT2D eigenvalue weighted by Crippen LogP contribution is -2.50. The first-order chi connectivity index (χ1) is 17.7. The number of hydrogen-bond donors (Lipinski definition) is 2. The van der Waals surface area contributed by atoms with E-state index in [-0.39, 0.29) is 17.6 Å². The van der Waals surface area contributed by atoms with Gasteiger partial charge < -0.3 is 25.0 Å². The van der Waals surface area contributed by atoms with Gasteiger partial charge in [0.1, 0.15) is 11.7 Å². The number of nitrogens with zero attached hydrogens (tertiary/aromatic N) is 4. The smallest absolute Gasteiger partial charge is 0.415 e. The monoisotopic (exact) mass is 506 g/mol. The highest BCUT2D eigenvalue weighted by molar-refractivity contribution is 5.95. The average Bonchev–Trinajstić information content (AvgIpc) is 2.89. The van der Waals surface area contributed by atoms with E-state index in [1.807, 2.05) is 20.8 Å². The number of rotatable bonds is 5. The SMILES string of the molecule is CC(C)(C)OC(=O)N(c1cnc(C#N)c(Nc2ccc(C(=O)N3CCOCC3)cc2)c1)C1CCCNC1. The van der Waals surface area contributed by atoms with E-state index in [1.54, 1.807) is 40.1 Å². The molecule has 1 aromatic carbocycles. The van der Waals surface area contributed by atoms with Gasteiger partial charge in [-0.15, -0.1) is 0 Å².